The van der Waals surface area contributed by atoms with Gasteiger partial charge in [0, 0.05) is 31.5 Å². The molecule has 1 unspecified atom stereocenters. The van der Waals surface area contributed by atoms with Gasteiger partial charge in [-0.15, -0.1) is 0 Å². The summed E-state index contributed by atoms with van der Waals surface area (Å²) in [4.78, 5) is 13.6. The van der Waals surface area contributed by atoms with Gasteiger partial charge >= 0.3 is 0 Å². The molecule has 116 valence electrons. The first kappa shape index (κ1) is 14.7. The lowest BCUT2D eigenvalue weighted by atomic mass is 10.1. The number of hydrogen-bond donors (Lipinski definition) is 0. The molecule has 0 saturated carbocycles. The van der Waals surface area contributed by atoms with Crippen LogP contribution in [-0.4, -0.2) is 60.3 Å². The van der Waals surface area contributed by atoms with Gasteiger partial charge in [-0.3, -0.25) is 0 Å². The third-order valence-corrected chi connectivity index (χ3v) is 4.42. The molecular formula is C16H26N4O. The maximum atomic E-state index is 6.05. The molecule has 0 aliphatic carbocycles. The third-order valence-electron chi connectivity index (χ3n) is 4.42. The summed E-state index contributed by atoms with van der Waals surface area (Å²) in [6.07, 6.45) is 7.34. The minimum atomic E-state index is 0.332. The van der Waals surface area contributed by atoms with Crippen molar-refractivity contribution < 1.29 is 4.74 Å². The number of rotatable bonds is 5. The third kappa shape index (κ3) is 4.14. The fourth-order valence-corrected chi connectivity index (χ4v) is 3.17. The molecule has 1 atom stereocenters. The summed E-state index contributed by atoms with van der Waals surface area (Å²) in [7, 11) is 0. The van der Waals surface area contributed by atoms with E-state index < -0.39 is 0 Å². The molecule has 0 N–H and O–H groups in total. The van der Waals surface area contributed by atoms with Crippen LogP contribution in [0.25, 0.3) is 0 Å². The van der Waals surface area contributed by atoms with Crippen LogP contribution >= 0.6 is 0 Å². The molecule has 2 aliphatic rings. The average molecular weight is 290 g/mol. The molecule has 1 aromatic heterocycles. The summed E-state index contributed by atoms with van der Waals surface area (Å²) in [5, 5.41) is 0. The molecule has 5 nitrogen and oxygen atoms in total. The van der Waals surface area contributed by atoms with Crippen molar-refractivity contribution in [2.75, 3.05) is 44.2 Å². The van der Waals surface area contributed by atoms with E-state index in [9.17, 15) is 0 Å². The van der Waals surface area contributed by atoms with Crippen molar-refractivity contribution in [3.05, 3.63) is 18.0 Å². The second-order valence-corrected chi connectivity index (χ2v) is 6.13. The van der Waals surface area contributed by atoms with Gasteiger partial charge in [0.2, 0.25) is 5.95 Å². The highest BCUT2D eigenvalue weighted by Gasteiger charge is 2.25. The Morgan fingerprint density at radius 1 is 1.24 bits per heavy atom. The molecule has 0 radical (unpaired) electrons. The Labute approximate surface area is 127 Å². The minimum Gasteiger partial charge on any atom is -0.375 e. The van der Waals surface area contributed by atoms with E-state index >= 15 is 0 Å². The Morgan fingerprint density at radius 2 is 2.10 bits per heavy atom. The first-order valence-corrected chi connectivity index (χ1v) is 8.20. The highest BCUT2D eigenvalue weighted by Crippen LogP contribution is 2.18. The fraction of sp³-hybridized carbons (Fsp3) is 0.750. The van der Waals surface area contributed by atoms with Crippen LogP contribution in [0.4, 0.5) is 5.95 Å². The van der Waals surface area contributed by atoms with E-state index in [-0.39, 0.29) is 0 Å². The summed E-state index contributed by atoms with van der Waals surface area (Å²) in [6, 6.07) is 1.94. The Balaban J connectivity index is 1.40. The summed E-state index contributed by atoms with van der Waals surface area (Å²) in [5.74, 6) is 0.845. The predicted molar refractivity (Wildman–Crippen MR) is 83.6 cm³/mol. The quantitative estimate of drug-likeness (QED) is 0.828. The molecule has 3 rings (SSSR count). The van der Waals surface area contributed by atoms with E-state index in [2.05, 4.69) is 19.8 Å². The van der Waals surface area contributed by atoms with Crippen molar-refractivity contribution in [2.24, 2.45) is 0 Å². The average Bonchev–Trinajstić information content (AvgIpc) is 2.97. The van der Waals surface area contributed by atoms with Gasteiger partial charge in [0.05, 0.1) is 12.7 Å². The zero-order valence-corrected chi connectivity index (χ0v) is 13.0. The molecule has 2 saturated heterocycles. The Bertz CT molecular complexity index is 448. The number of aromatic nitrogens is 2. The lowest BCUT2D eigenvalue weighted by Gasteiger charge is -2.26. The lowest BCUT2D eigenvalue weighted by molar-refractivity contribution is 0.0466. The molecule has 1 aromatic rings. The lowest BCUT2D eigenvalue weighted by Crippen LogP contribution is -2.34. The Kier molecular flexibility index (Phi) is 5.04. The van der Waals surface area contributed by atoms with Crippen molar-refractivity contribution in [1.29, 1.82) is 0 Å². The fourth-order valence-electron chi connectivity index (χ4n) is 3.17. The standard InChI is InChI=1S/C16H26N4O/c1-14-5-7-17-16(18-14)20-10-6-15(13-20)21-12-11-19-8-3-2-4-9-19/h5,7,15H,2-4,6,8-13H2,1H3. The zero-order chi connectivity index (χ0) is 14.5. The van der Waals surface area contributed by atoms with Crippen molar-refractivity contribution in [1.82, 2.24) is 14.9 Å². The number of ether oxygens (including phenoxy) is 1. The van der Waals surface area contributed by atoms with Gasteiger partial charge in [-0.1, -0.05) is 6.42 Å². The normalized spacial score (nSPS) is 23.7. The Hall–Kier alpha value is -1.20. The second-order valence-electron chi connectivity index (χ2n) is 6.13. The van der Waals surface area contributed by atoms with Gasteiger partial charge in [0.25, 0.3) is 0 Å². The summed E-state index contributed by atoms with van der Waals surface area (Å²) in [5.41, 5.74) is 1.02. The summed E-state index contributed by atoms with van der Waals surface area (Å²) < 4.78 is 6.05. The van der Waals surface area contributed by atoms with Gasteiger partial charge < -0.3 is 14.5 Å². The van der Waals surface area contributed by atoms with Crippen molar-refractivity contribution >= 4 is 5.95 Å². The Morgan fingerprint density at radius 3 is 2.90 bits per heavy atom. The molecule has 5 heteroatoms. The first-order valence-electron chi connectivity index (χ1n) is 8.20. The van der Waals surface area contributed by atoms with E-state index in [4.69, 9.17) is 4.74 Å². The minimum absolute atomic E-state index is 0.332. The molecular weight excluding hydrogens is 264 g/mol. The van der Waals surface area contributed by atoms with Gasteiger partial charge in [-0.25, -0.2) is 9.97 Å². The van der Waals surface area contributed by atoms with Crippen LogP contribution in [-0.2, 0) is 4.74 Å². The van der Waals surface area contributed by atoms with Crippen molar-refractivity contribution in [3.63, 3.8) is 0 Å². The molecule has 0 aromatic carbocycles. The highest BCUT2D eigenvalue weighted by atomic mass is 16.5. The number of likely N-dealkylation sites (tertiary alicyclic amines) is 1. The summed E-state index contributed by atoms with van der Waals surface area (Å²) in [6.45, 7) is 8.36. The smallest absolute Gasteiger partial charge is 0.225 e. The van der Waals surface area contributed by atoms with E-state index in [0.717, 1.165) is 44.3 Å². The SMILES string of the molecule is Cc1ccnc(N2CCC(OCCN3CCCCC3)C2)n1. The van der Waals surface area contributed by atoms with Crippen LogP contribution in [0, 0.1) is 6.92 Å². The maximum absolute atomic E-state index is 6.05. The van der Waals surface area contributed by atoms with Gasteiger partial charge in [0.1, 0.15) is 0 Å². The number of hydrogen-bond acceptors (Lipinski definition) is 5. The van der Waals surface area contributed by atoms with E-state index in [1.807, 2.05) is 19.2 Å². The zero-order valence-electron chi connectivity index (χ0n) is 13.0. The van der Waals surface area contributed by atoms with E-state index in [1.165, 1.54) is 32.4 Å². The maximum Gasteiger partial charge on any atom is 0.225 e. The van der Waals surface area contributed by atoms with Crippen LogP contribution in [0.2, 0.25) is 0 Å². The molecule has 0 spiro atoms. The predicted octanol–water partition coefficient (Wildman–Crippen LogP) is 1.87. The number of piperidine rings is 1. The molecule has 3 heterocycles. The highest BCUT2D eigenvalue weighted by molar-refractivity contribution is 5.32. The number of anilines is 1. The molecule has 2 aliphatic heterocycles. The first-order chi connectivity index (χ1) is 10.3. The van der Waals surface area contributed by atoms with E-state index in [0.29, 0.717) is 6.10 Å². The van der Waals surface area contributed by atoms with Crippen molar-refractivity contribution in [3.8, 4) is 0 Å². The van der Waals surface area contributed by atoms with Crippen LogP contribution in [0.15, 0.2) is 12.3 Å². The number of nitrogens with zero attached hydrogens (tertiary/aromatic N) is 4. The van der Waals surface area contributed by atoms with Crippen LogP contribution in [0.5, 0.6) is 0 Å². The van der Waals surface area contributed by atoms with Crippen LogP contribution < -0.4 is 4.90 Å². The van der Waals surface area contributed by atoms with E-state index in [1.54, 1.807) is 0 Å². The largest absolute Gasteiger partial charge is 0.375 e. The topological polar surface area (TPSA) is 41.5 Å². The van der Waals surface area contributed by atoms with Gasteiger partial charge in [-0.2, -0.15) is 0 Å². The number of aryl methyl sites for hydroxylation is 1. The summed E-state index contributed by atoms with van der Waals surface area (Å²) >= 11 is 0. The van der Waals surface area contributed by atoms with Crippen LogP contribution in [0.1, 0.15) is 31.4 Å². The van der Waals surface area contributed by atoms with Gasteiger partial charge in [-0.05, 0) is 45.3 Å². The monoisotopic (exact) mass is 290 g/mol. The second kappa shape index (κ2) is 7.18. The van der Waals surface area contributed by atoms with Crippen molar-refractivity contribution in [2.45, 2.75) is 38.7 Å². The molecule has 21 heavy (non-hydrogen) atoms. The molecule has 0 amide bonds. The van der Waals surface area contributed by atoms with Crippen LogP contribution in [0.3, 0.4) is 0 Å². The van der Waals surface area contributed by atoms with Gasteiger partial charge in [0.15, 0.2) is 0 Å². The molecule has 2 fully saturated rings. The molecule has 0 bridgehead atoms.